The lowest BCUT2D eigenvalue weighted by Gasteiger charge is -2.20. The molecule has 1 aliphatic rings. The van der Waals surface area contributed by atoms with E-state index in [0.717, 1.165) is 23.2 Å². The number of aliphatic hydroxyl groups is 1. The number of sulfonamides is 1. The number of nitrogens with zero attached hydrogens (tertiary/aromatic N) is 2. The fraction of sp³-hybridized carbons (Fsp3) is 0.409. The molecule has 1 heterocycles. The second-order valence-corrected chi connectivity index (χ2v) is 9.22. The lowest BCUT2D eigenvalue weighted by molar-refractivity contribution is 0.268. The van der Waals surface area contributed by atoms with Crippen LogP contribution in [-0.4, -0.2) is 58.0 Å². The molecule has 0 fully saturated rings. The normalized spacial score (nSPS) is 14.5. The van der Waals surface area contributed by atoms with Gasteiger partial charge in [0.1, 0.15) is 0 Å². The molecular weight excluding hydrogens is 527 g/mol. The largest absolute Gasteiger partial charge is 0.396 e. The van der Waals surface area contributed by atoms with Gasteiger partial charge < -0.3 is 15.7 Å². The topological polar surface area (TPSA) is 94.0 Å². The number of benzene rings is 2. The zero-order valence-corrected chi connectivity index (χ0v) is 20.8. The van der Waals surface area contributed by atoms with Crippen LogP contribution < -0.4 is 14.9 Å². The van der Waals surface area contributed by atoms with Gasteiger partial charge in [0.05, 0.1) is 24.6 Å². The monoisotopic (exact) mass is 558 g/mol. The Labute approximate surface area is 202 Å². The summed E-state index contributed by atoms with van der Waals surface area (Å²) in [5.74, 6) is 0.420. The van der Waals surface area contributed by atoms with Crippen LogP contribution in [0.2, 0.25) is 0 Å². The molecule has 0 aromatic heterocycles. The molecule has 0 saturated heterocycles. The average molecular weight is 558 g/mol. The Morgan fingerprint density at radius 2 is 1.84 bits per heavy atom. The quantitative estimate of drug-likeness (QED) is 0.250. The third-order valence-corrected chi connectivity index (χ3v) is 6.91. The second kappa shape index (κ2) is 12.3. The Balaban J connectivity index is 0.00000341. The van der Waals surface area contributed by atoms with E-state index in [1.807, 2.05) is 61.5 Å². The summed E-state index contributed by atoms with van der Waals surface area (Å²) >= 11 is 0. The van der Waals surface area contributed by atoms with Crippen molar-refractivity contribution >= 4 is 45.6 Å². The van der Waals surface area contributed by atoms with Crippen molar-refractivity contribution in [2.75, 3.05) is 42.8 Å². The summed E-state index contributed by atoms with van der Waals surface area (Å²) in [5, 5.41) is 16.0. The molecule has 7 nitrogen and oxygen atoms in total. The molecule has 0 spiro atoms. The maximum absolute atomic E-state index is 12.8. The van der Waals surface area contributed by atoms with E-state index in [0.29, 0.717) is 25.6 Å². The number of guanidine groups is 1. The highest BCUT2D eigenvalue weighted by Gasteiger charge is 2.28. The van der Waals surface area contributed by atoms with Crippen LogP contribution in [0.25, 0.3) is 0 Å². The van der Waals surface area contributed by atoms with E-state index < -0.39 is 10.0 Å². The Bertz CT molecular complexity index is 954. The molecule has 1 atom stereocenters. The van der Waals surface area contributed by atoms with E-state index in [1.165, 1.54) is 4.31 Å². The molecule has 0 radical (unpaired) electrons. The van der Waals surface area contributed by atoms with Gasteiger partial charge in [-0.05, 0) is 30.5 Å². The molecule has 1 unspecified atom stereocenters. The maximum Gasteiger partial charge on any atom is 0.236 e. The number of aliphatic hydroxyl groups excluding tert-OH is 1. The van der Waals surface area contributed by atoms with Crippen LogP contribution in [0, 0.1) is 0 Å². The van der Waals surface area contributed by atoms with Crippen molar-refractivity contribution in [3.05, 3.63) is 65.7 Å². The minimum atomic E-state index is -3.41. The first kappa shape index (κ1) is 25.4. The van der Waals surface area contributed by atoms with Crippen LogP contribution in [0.4, 0.5) is 5.69 Å². The summed E-state index contributed by atoms with van der Waals surface area (Å²) in [6, 6.07) is 17.4. The number of aliphatic imine (C=N–C) groups is 1. The van der Waals surface area contributed by atoms with Crippen LogP contribution in [0.5, 0.6) is 0 Å². The summed E-state index contributed by atoms with van der Waals surface area (Å²) in [6.45, 7) is 3.76. The smallest absolute Gasteiger partial charge is 0.236 e. The summed E-state index contributed by atoms with van der Waals surface area (Å²) in [7, 11) is -3.41. The van der Waals surface area contributed by atoms with Crippen molar-refractivity contribution in [3.63, 3.8) is 0 Å². The first-order chi connectivity index (χ1) is 14.5. The first-order valence-corrected chi connectivity index (χ1v) is 11.9. The Kier molecular flexibility index (Phi) is 10.0. The molecule has 0 aliphatic carbocycles. The van der Waals surface area contributed by atoms with E-state index in [1.54, 1.807) is 0 Å². The van der Waals surface area contributed by atoms with E-state index in [-0.39, 0.29) is 48.8 Å². The van der Waals surface area contributed by atoms with Crippen molar-refractivity contribution in [2.24, 2.45) is 4.99 Å². The lowest BCUT2D eigenvalue weighted by Crippen LogP contribution is -2.42. The molecule has 0 bridgehead atoms. The third-order valence-electron chi connectivity index (χ3n) is 5.14. The van der Waals surface area contributed by atoms with Crippen LogP contribution >= 0.6 is 24.0 Å². The zero-order valence-electron chi connectivity index (χ0n) is 17.7. The van der Waals surface area contributed by atoms with Gasteiger partial charge in [0.2, 0.25) is 10.0 Å². The van der Waals surface area contributed by atoms with Gasteiger partial charge in [-0.2, -0.15) is 0 Å². The number of hydrogen-bond donors (Lipinski definition) is 3. The Morgan fingerprint density at radius 1 is 1.13 bits per heavy atom. The average Bonchev–Trinajstić information content (AvgIpc) is 3.20. The number of para-hydroxylation sites is 1. The summed E-state index contributed by atoms with van der Waals surface area (Å²) in [5.41, 5.74) is 2.88. The zero-order chi connectivity index (χ0) is 21.4. The van der Waals surface area contributed by atoms with E-state index in [4.69, 9.17) is 0 Å². The van der Waals surface area contributed by atoms with Crippen LogP contribution in [0.3, 0.4) is 0 Å². The second-order valence-electron chi connectivity index (χ2n) is 7.20. The highest BCUT2D eigenvalue weighted by Crippen LogP contribution is 2.29. The summed E-state index contributed by atoms with van der Waals surface area (Å²) in [6.07, 6.45) is 0.745. The first-order valence-electron chi connectivity index (χ1n) is 10.3. The molecular formula is C22H31IN4O3S. The third kappa shape index (κ3) is 6.81. The van der Waals surface area contributed by atoms with E-state index in [9.17, 15) is 13.5 Å². The standard InChI is InChI=1S/C22H30N4O3S.HI/c1-2-23-22(25-16-20(17-27)18-8-4-3-5-9-18)24-13-15-30(28,29)26-14-12-19-10-6-7-11-21(19)26;/h3-11,20,27H,2,12-17H2,1H3,(H2,23,24,25);1H. The number of hydrogen-bond acceptors (Lipinski definition) is 4. The molecule has 2 aromatic rings. The minimum absolute atomic E-state index is 0. The fourth-order valence-corrected chi connectivity index (χ4v) is 4.97. The van der Waals surface area contributed by atoms with Crippen LogP contribution in [0.1, 0.15) is 24.0 Å². The molecule has 9 heteroatoms. The number of halogens is 1. The van der Waals surface area contributed by atoms with Gasteiger partial charge in [-0.25, -0.2) is 8.42 Å². The number of fused-ring (bicyclic) bond motifs is 1. The fourth-order valence-electron chi connectivity index (χ4n) is 3.54. The molecule has 1 aliphatic heterocycles. The minimum Gasteiger partial charge on any atom is -0.396 e. The van der Waals surface area contributed by atoms with Crippen LogP contribution in [-0.2, 0) is 16.4 Å². The highest BCUT2D eigenvalue weighted by atomic mass is 127. The van der Waals surface area contributed by atoms with Crippen LogP contribution in [0.15, 0.2) is 59.6 Å². The van der Waals surface area contributed by atoms with Gasteiger partial charge in [-0.15, -0.1) is 24.0 Å². The molecule has 0 amide bonds. The van der Waals surface area contributed by atoms with Gasteiger partial charge in [-0.3, -0.25) is 9.30 Å². The SMILES string of the molecule is CCNC(=NCC(CO)c1ccccc1)NCCS(=O)(=O)N1CCc2ccccc21.I. The maximum atomic E-state index is 12.8. The van der Waals surface area contributed by atoms with Gasteiger partial charge in [0, 0.05) is 25.6 Å². The number of anilines is 1. The predicted molar refractivity (Wildman–Crippen MR) is 137 cm³/mol. The van der Waals surface area contributed by atoms with Crippen molar-refractivity contribution in [3.8, 4) is 0 Å². The Morgan fingerprint density at radius 3 is 2.55 bits per heavy atom. The van der Waals surface area contributed by atoms with E-state index >= 15 is 0 Å². The Hall–Kier alpha value is -1.85. The lowest BCUT2D eigenvalue weighted by atomic mass is 10.0. The predicted octanol–water partition coefficient (Wildman–Crippen LogP) is 2.33. The highest BCUT2D eigenvalue weighted by molar-refractivity contribution is 14.0. The summed E-state index contributed by atoms with van der Waals surface area (Å²) < 4.78 is 27.2. The molecule has 2 aromatic carbocycles. The van der Waals surface area contributed by atoms with Crippen molar-refractivity contribution in [2.45, 2.75) is 19.3 Å². The van der Waals surface area contributed by atoms with E-state index in [2.05, 4.69) is 15.6 Å². The van der Waals surface area contributed by atoms with Gasteiger partial charge in [-0.1, -0.05) is 48.5 Å². The number of nitrogens with one attached hydrogen (secondary N) is 2. The van der Waals surface area contributed by atoms with Crippen molar-refractivity contribution < 1.29 is 13.5 Å². The van der Waals surface area contributed by atoms with Crippen molar-refractivity contribution in [1.82, 2.24) is 10.6 Å². The van der Waals surface area contributed by atoms with Crippen molar-refractivity contribution in [1.29, 1.82) is 0 Å². The van der Waals surface area contributed by atoms with Gasteiger partial charge in [0.15, 0.2) is 5.96 Å². The number of rotatable bonds is 9. The molecule has 3 rings (SSSR count). The van der Waals surface area contributed by atoms with Gasteiger partial charge in [0.25, 0.3) is 0 Å². The molecule has 31 heavy (non-hydrogen) atoms. The summed E-state index contributed by atoms with van der Waals surface area (Å²) in [4.78, 5) is 4.54. The van der Waals surface area contributed by atoms with Gasteiger partial charge >= 0.3 is 0 Å². The molecule has 3 N–H and O–H groups in total. The molecule has 0 saturated carbocycles. The molecule has 170 valence electrons.